The summed E-state index contributed by atoms with van der Waals surface area (Å²) >= 11 is 0. The highest BCUT2D eigenvalue weighted by Gasteiger charge is 2.33. The van der Waals surface area contributed by atoms with E-state index in [1.807, 2.05) is 30.5 Å². The van der Waals surface area contributed by atoms with Crippen LogP contribution in [-0.2, 0) is 6.42 Å². The van der Waals surface area contributed by atoms with Crippen molar-refractivity contribution in [2.24, 2.45) is 5.92 Å². The number of anilines is 2. The smallest absolute Gasteiger partial charge is 0.404 e. The molecule has 3 fully saturated rings. The van der Waals surface area contributed by atoms with Gasteiger partial charge in [0.05, 0.1) is 0 Å². The molecule has 2 unspecified atom stereocenters. The Kier molecular flexibility index (Phi) is 9.33. The summed E-state index contributed by atoms with van der Waals surface area (Å²) in [6.45, 7) is 4.34. The monoisotopic (exact) mass is 520 g/mol. The molecule has 5 rings (SSSR count). The van der Waals surface area contributed by atoms with Gasteiger partial charge in [0, 0.05) is 44.0 Å². The van der Waals surface area contributed by atoms with Crippen LogP contribution in [0.2, 0.25) is 0 Å². The Balaban J connectivity index is 1.14. The second-order valence-corrected chi connectivity index (χ2v) is 11.4. The molecule has 3 heterocycles. The summed E-state index contributed by atoms with van der Waals surface area (Å²) in [4.78, 5) is 26.0. The summed E-state index contributed by atoms with van der Waals surface area (Å²) in [6.07, 6.45) is 13.6. The predicted octanol–water partition coefficient (Wildman–Crippen LogP) is 5.17. The summed E-state index contributed by atoms with van der Waals surface area (Å²) in [6, 6.07) is 13.2. The van der Waals surface area contributed by atoms with Crippen LogP contribution in [0.4, 0.5) is 16.6 Å². The first-order valence-electron chi connectivity index (χ1n) is 14.8. The van der Waals surface area contributed by atoms with E-state index in [0.29, 0.717) is 18.0 Å². The van der Waals surface area contributed by atoms with E-state index in [9.17, 15) is 9.90 Å². The average Bonchev–Trinajstić information content (AvgIpc) is 3.23. The Labute approximate surface area is 227 Å². The van der Waals surface area contributed by atoms with Crippen LogP contribution in [0.25, 0.3) is 0 Å². The molecular formula is C30H44N6O2. The van der Waals surface area contributed by atoms with E-state index < -0.39 is 6.09 Å². The first-order chi connectivity index (χ1) is 18.6. The van der Waals surface area contributed by atoms with E-state index in [0.717, 1.165) is 76.5 Å². The maximum atomic E-state index is 11.5. The lowest BCUT2D eigenvalue weighted by molar-refractivity contribution is 0.0991. The van der Waals surface area contributed by atoms with Gasteiger partial charge in [-0.1, -0.05) is 43.2 Å². The maximum absolute atomic E-state index is 11.5. The summed E-state index contributed by atoms with van der Waals surface area (Å²) in [5.41, 5.74) is 1.19. The van der Waals surface area contributed by atoms with E-state index in [2.05, 4.69) is 37.6 Å². The molecule has 38 heavy (non-hydrogen) atoms. The highest BCUT2D eigenvalue weighted by atomic mass is 16.4. The van der Waals surface area contributed by atoms with Crippen molar-refractivity contribution >= 4 is 17.9 Å². The number of piperidine rings is 1. The molecule has 1 aliphatic carbocycles. The predicted molar refractivity (Wildman–Crippen MR) is 152 cm³/mol. The Morgan fingerprint density at radius 1 is 0.947 bits per heavy atom. The Hall–Kier alpha value is -2.87. The van der Waals surface area contributed by atoms with Crippen molar-refractivity contribution < 1.29 is 9.90 Å². The summed E-state index contributed by atoms with van der Waals surface area (Å²) in [5.74, 6) is 2.19. The molecule has 2 atom stereocenters. The molecule has 2 aromatic rings. The average molecular weight is 521 g/mol. The number of hydrogen-bond donors (Lipinski definition) is 3. The molecule has 1 amide bonds. The minimum absolute atomic E-state index is 0.0275. The normalized spacial score (nSPS) is 25.8. The molecule has 1 aromatic carbocycles. The van der Waals surface area contributed by atoms with Crippen LogP contribution in [0.1, 0.15) is 69.8 Å². The molecular weight excluding hydrogens is 476 g/mol. The summed E-state index contributed by atoms with van der Waals surface area (Å²) < 4.78 is 0. The number of carbonyl (C=O) groups is 1. The summed E-state index contributed by atoms with van der Waals surface area (Å²) in [5, 5.41) is 16.0. The molecule has 3 aliphatic rings. The van der Waals surface area contributed by atoms with Gasteiger partial charge in [0.2, 0.25) is 5.95 Å². The zero-order valence-electron chi connectivity index (χ0n) is 22.6. The summed E-state index contributed by atoms with van der Waals surface area (Å²) in [7, 11) is 0. The van der Waals surface area contributed by atoms with Gasteiger partial charge in [0.25, 0.3) is 0 Å². The first-order valence-corrected chi connectivity index (χ1v) is 14.8. The van der Waals surface area contributed by atoms with E-state index >= 15 is 0 Å². The topological polar surface area (TPSA) is 93.6 Å². The number of hydrogen-bond acceptors (Lipinski definition) is 6. The van der Waals surface area contributed by atoms with Gasteiger partial charge < -0.3 is 20.6 Å². The minimum Gasteiger partial charge on any atom is -0.465 e. The molecule has 2 aliphatic heterocycles. The number of nitrogens with one attached hydrogen (secondary N) is 2. The molecule has 0 radical (unpaired) electrons. The van der Waals surface area contributed by atoms with Crippen molar-refractivity contribution in [2.45, 2.75) is 88.8 Å². The standard InChI is InChI=1S/C30H44N6O2/c37-30(38)33-27(21-23-9-4-3-5-10-23)24-12-14-26(15-13-24)36-20-8-11-25(22-36)32-29-31-17-16-28(34-29)35-18-6-1-2-7-19-35/h3-5,9-10,16-17,24-27,33H,1-2,6-8,11-15,18-22H2,(H,37,38)(H,31,32,34). The molecule has 0 spiro atoms. The molecule has 2 saturated heterocycles. The SMILES string of the molecule is O=C(O)NC(Cc1ccccc1)C1CCC(N2CCCC(Nc3nccc(N4CCCCCC4)n3)C2)CC1. The van der Waals surface area contributed by atoms with Gasteiger partial charge in [0.15, 0.2) is 0 Å². The fraction of sp³-hybridized carbons (Fsp3) is 0.633. The van der Waals surface area contributed by atoms with Gasteiger partial charge >= 0.3 is 6.09 Å². The lowest BCUT2D eigenvalue weighted by atomic mass is 9.78. The van der Waals surface area contributed by atoms with E-state index in [-0.39, 0.29) is 6.04 Å². The lowest BCUT2D eigenvalue weighted by Gasteiger charge is -2.42. The van der Waals surface area contributed by atoms with Crippen LogP contribution in [0.15, 0.2) is 42.6 Å². The molecule has 1 aromatic heterocycles. The van der Waals surface area contributed by atoms with Crippen molar-refractivity contribution in [3.63, 3.8) is 0 Å². The highest BCUT2D eigenvalue weighted by molar-refractivity contribution is 5.65. The van der Waals surface area contributed by atoms with E-state index in [1.54, 1.807) is 0 Å². The van der Waals surface area contributed by atoms with E-state index in [1.165, 1.54) is 37.7 Å². The number of likely N-dealkylation sites (tertiary alicyclic amines) is 1. The van der Waals surface area contributed by atoms with Gasteiger partial charge in [-0.3, -0.25) is 4.90 Å². The molecule has 8 nitrogen and oxygen atoms in total. The second kappa shape index (κ2) is 13.3. The van der Waals surface area contributed by atoms with Gasteiger partial charge in [-0.25, -0.2) is 9.78 Å². The van der Waals surface area contributed by atoms with E-state index in [4.69, 9.17) is 4.98 Å². The first kappa shape index (κ1) is 26.7. The Morgan fingerprint density at radius 2 is 1.71 bits per heavy atom. The largest absolute Gasteiger partial charge is 0.465 e. The van der Waals surface area contributed by atoms with Crippen molar-refractivity contribution in [2.75, 3.05) is 36.4 Å². The van der Waals surface area contributed by atoms with Gasteiger partial charge in [-0.15, -0.1) is 0 Å². The fourth-order valence-electron chi connectivity index (χ4n) is 6.76. The molecule has 0 bridgehead atoms. The van der Waals surface area contributed by atoms with Crippen molar-refractivity contribution in [1.29, 1.82) is 0 Å². The highest BCUT2D eigenvalue weighted by Crippen LogP contribution is 2.32. The lowest BCUT2D eigenvalue weighted by Crippen LogP contribution is -2.50. The van der Waals surface area contributed by atoms with Gasteiger partial charge in [0.1, 0.15) is 5.82 Å². The van der Waals surface area contributed by atoms with Gasteiger partial charge in [-0.05, 0) is 81.9 Å². The number of rotatable bonds is 8. The molecule has 1 saturated carbocycles. The van der Waals surface area contributed by atoms with Crippen molar-refractivity contribution in [3.05, 3.63) is 48.2 Å². The fourth-order valence-corrected chi connectivity index (χ4v) is 6.76. The third-order valence-electron chi connectivity index (χ3n) is 8.79. The number of amides is 1. The number of aromatic nitrogens is 2. The number of carboxylic acid groups (broad SMARTS) is 1. The molecule has 206 valence electrons. The Bertz CT molecular complexity index is 1000. The quantitative estimate of drug-likeness (QED) is 0.442. The number of nitrogens with zero attached hydrogens (tertiary/aromatic N) is 4. The second-order valence-electron chi connectivity index (χ2n) is 11.4. The number of benzene rings is 1. The van der Waals surface area contributed by atoms with Crippen LogP contribution >= 0.6 is 0 Å². The zero-order valence-corrected chi connectivity index (χ0v) is 22.6. The van der Waals surface area contributed by atoms with Crippen LogP contribution in [0.3, 0.4) is 0 Å². The van der Waals surface area contributed by atoms with Gasteiger partial charge in [-0.2, -0.15) is 4.98 Å². The Morgan fingerprint density at radius 3 is 2.45 bits per heavy atom. The van der Waals surface area contributed by atoms with Crippen molar-refractivity contribution in [3.8, 4) is 0 Å². The molecule has 8 heteroatoms. The maximum Gasteiger partial charge on any atom is 0.404 e. The third-order valence-corrected chi connectivity index (χ3v) is 8.79. The minimum atomic E-state index is -0.917. The zero-order chi connectivity index (χ0) is 26.2. The van der Waals surface area contributed by atoms with Crippen molar-refractivity contribution in [1.82, 2.24) is 20.2 Å². The molecule has 3 N–H and O–H groups in total. The van der Waals surface area contributed by atoms with Crippen LogP contribution in [0.5, 0.6) is 0 Å². The van der Waals surface area contributed by atoms with Crippen LogP contribution < -0.4 is 15.5 Å². The third kappa shape index (κ3) is 7.37. The van der Waals surface area contributed by atoms with Crippen LogP contribution in [0, 0.1) is 5.92 Å². The van der Waals surface area contributed by atoms with Crippen LogP contribution in [-0.4, -0.2) is 70.4 Å².